The Balaban J connectivity index is 2.77. The smallest absolute Gasteiger partial charge is 0.407 e. The number of amides is 1. The molecule has 0 aliphatic heterocycles. The van der Waals surface area contributed by atoms with E-state index in [0.717, 1.165) is 5.56 Å². The number of aliphatic hydroxyl groups is 1. The van der Waals surface area contributed by atoms with Crippen molar-refractivity contribution < 1.29 is 14.6 Å². The van der Waals surface area contributed by atoms with Gasteiger partial charge in [0, 0.05) is 13.1 Å². The average Bonchev–Trinajstić information content (AvgIpc) is 2.44. The molecule has 0 radical (unpaired) electrons. The topological polar surface area (TPSA) is 87.8 Å². The molecule has 1 rings (SSSR count). The molecule has 0 heterocycles. The van der Waals surface area contributed by atoms with Gasteiger partial charge in [-0.1, -0.05) is 44.2 Å². The monoisotopic (exact) mass is 351 g/mol. The fraction of sp³-hybridized carbons (Fsp3) is 0.632. The number of carbonyl (C=O) groups is 1. The lowest BCUT2D eigenvalue weighted by atomic mass is 10.0. The van der Waals surface area contributed by atoms with Crippen LogP contribution in [-0.2, 0) is 11.2 Å². The quantitative estimate of drug-likeness (QED) is 0.494. The van der Waals surface area contributed by atoms with Crippen molar-refractivity contribution in [2.45, 2.75) is 58.8 Å². The maximum absolute atomic E-state index is 12.1. The summed E-state index contributed by atoms with van der Waals surface area (Å²) >= 11 is 0. The van der Waals surface area contributed by atoms with Crippen LogP contribution in [0.5, 0.6) is 0 Å². The number of hydrogen-bond acceptors (Lipinski definition) is 5. The highest BCUT2D eigenvalue weighted by Crippen LogP contribution is 2.11. The van der Waals surface area contributed by atoms with E-state index >= 15 is 0 Å². The molecule has 6 heteroatoms. The Morgan fingerprint density at radius 3 is 2.36 bits per heavy atom. The lowest BCUT2D eigenvalue weighted by molar-refractivity contribution is 0.0355. The highest BCUT2D eigenvalue weighted by molar-refractivity contribution is 5.68. The number of carbonyl (C=O) groups excluding carboxylic acids is 1. The van der Waals surface area contributed by atoms with E-state index in [-0.39, 0.29) is 6.54 Å². The average molecular weight is 351 g/mol. The highest BCUT2D eigenvalue weighted by atomic mass is 16.6. The molecule has 4 N–H and O–H groups in total. The summed E-state index contributed by atoms with van der Waals surface area (Å²) in [4.78, 5) is 12.1. The van der Waals surface area contributed by atoms with E-state index in [2.05, 4.69) is 19.2 Å². The molecule has 0 aromatic heterocycles. The fourth-order valence-corrected chi connectivity index (χ4v) is 2.52. The maximum Gasteiger partial charge on any atom is 0.407 e. The first-order valence-corrected chi connectivity index (χ1v) is 8.78. The molecule has 142 valence electrons. The Morgan fingerprint density at radius 2 is 1.84 bits per heavy atom. The van der Waals surface area contributed by atoms with Crippen molar-refractivity contribution in [1.29, 1.82) is 0 Å². The Kier molecular flexibility index (Phi) is 8.35. The molecule has 0 aliphatic rings. The number of rotatable bonds is 8. The van der Waals surface area contributed by atoms with Crippen molar-refractivity contribution in [3.63, 3.8) is 0 Å². The summed E-state index contributed by atoms with van der Waals surface area (Å²) in [6.45, 7) is 10.5. The second-order valence-electron chi connectivity index (χ2n) is 7.86. The van der Waals surface area contributed by atoms with Gasteiger partial charge in [0.25, 0.3) is 0 Å². The number of nitrogens with zero attached hydrogens (tertiary/aromatic N) is 1. The molecule has 0 unspecified atom stereocenters. The Labute approximate surface area is 151 Å². The van der Waals surface area contributed by atoms with Crippen LogP contribution < -0.4 is 11.2 Å². The third-order valence-electron chi connectivity index (χ3n) is 3.49. The lowest BCUT2D eigenvalue weighted by Crippen LogP contribution is -2.52. The van der Waals surface area contributed by atoms with E-state index in [4.69, 9.17) is 10.6 Å². The molecule has 0 saturated heterocycles. The normalized spacial score (nSPS) is 14.4. The summed E-state index contributed by atoms with van der Waals surface area (Å²) < 4.78 is 5.32. The molecular weight excluding hydrogens is 318 g/mol. The van der Waals surface area contributed by atoms with Crippen molar-refractivity contribution in [1.82, 2.24) is 10.3 Å². The van der Waals surface area contributed by atoms with Crippen LogP contribution in [0.1, 0.15) is 40.2 Å². The van der Waals surface area contributed by atoms with Crippen molar-refractivity contribution in [3.8, 4) is 0 Å². The van der Waals surface area contributed by atoms with Gasteiger partial charge in [0.1, 0.15) is 5.60 Å². The fourth-order valence-electron chi connectivity index (χ4n) is 2.52. The molecule has 25 heavy (non-hydrogen) atoms. The zero-order chi connectivity index (χ0) is 19.0. The number of hydrazine groups is 1. The summed E-state index contributed by atoms with van der Waals surface area (Å²) in [6, 6.07) is 9.23. The van der Waals surface area contributed by atoms with E-state index in [1.54, 1.807) is 25.8 Å². The second kappa shape index (κ2) is 9.75. The van der Waals surface area contributed by atoms with Gasteiger partial charge in [-0.25, -0.2) is 9.80 Å². The number of hydrogen-bond donors (Lipinski definition) is 3. The number of benzene rings is 1. The molecule has 0 aliphatic carbocycles. The van der Waals surface area contributed by atoms with Crippen LogP contribution in [0, 0.1) is 5.92 Å². The maximum atomic E-state index is 12.1. The molecule has 1 aromatic carbocycles. The standard InChI is InChI=1S/C19H33N3O3/c1-14(2)12-22(20)13-17(23)16(11-15-9-7-6-8-10-15)21-18(24)25-19(3,4)5/h6-10,14,16-17,23H,11-13,20H2,1-5H3,(H,21,24)/t16-,17-/m0/s1. The molecular formula is C19H33N3O3. The van der Waals surface area contributed by atoms with Gasteiger partial charge in [0.15, 0.2) is 0 Å². The third kappa shape index (κ3) is 9.43. The zero-order valence-electron chi connectivity index (χ0n) is 16.0. The predicted molar refractivity (Wildman–Crippen MR) is 99.9 cm³/mol. The van der Waals surface area contributed by atoms with E-state index in [0.29, 0.717) is 18.9 Å². The molecule has 0 fully saturated rings. The van der Waals surface area contributed by atoms with Gasteiger partial charge in [-0.2, -0.15) is 0 Å². The van der Waals surface area contributed by atoms with Gasteiger partial charge in [-0.3, -0.25) is 5.84 Å². The van der Waals surface area contributed by atoms with Crippen LogP contribution in [0.4, 0.5) is 4.79 Å². The van der Waals surface area contributed by atoms with E-state index in [1.807, 2.05) is 30.3 Å². The van der Waals surface area contributed by atoms with E-state index < -0.39 is 23.8 Å². The minimum atomic E-state index is -0.809. The minimum Gasteiger partial charge on any atom is -0.444 e. The second-order valence-corrected chi connectivity index (χ2v) is 7.86. The van der Waals surface area contributed by atoms with Gasteiger partial charge in [0.2, 0.25) is 0 Å². The zero-order valence-corrected chi connectivity index (χ0v) is 16.0. The number of nitrogens with two attached hydrogens (primary N) is 1. The molecule has 0 saturated carbocycles. The Bertz CT molecular complexity index is 514. The summed E-state index contributed by atoms with van der Waals surface area (Å²) in [6.07, 6.45) is -0.854. The van der Waals surface area contributed by atoms with Gasteiger partial charge >= 0.3 is 6.09 Å². The lowest BCUT2D eigenvalue weighted by Gasteiger charge is -2.29. The van der Waals surface area contributed by atoms with Crippen LogP contribution in [0.3, 0.4) is 0 Å². The van der Waals surface area contributed by atoms with Crippen LogP contribution in [0.2, 0.25) is 0 Å². The molecule has 1 aromatic rings. The first-order valence-electron chi connectivity index (χ1n) is 8.78. The van der Waals surface area contributed by atoms with E-state index in [9.17, 15) is 9.90 Å². The van der Waals surface area contributed by atoms with Gasteiger partial charge in [-0.15, -0.1) is 0 Å². The largest absolute Gasteiger partial charge is 0.444 e. The van der Waals surface area contributed by atoms with Crippen LogP contribution in [-0.4, -0.2) is 47.0 Å². The number of alkyl carbamates (subject to hydrolysis) is 1. The summed E-state index contributed by atoms with van der Waals surface area (Å²) in [5.74, 6) is 6.36. The Morgan fingerprint density at radius 1 is 1.24 bits per heavy atom. The molecule has 0 spiro atoms. The summed E-state index contributed by atoms with van der Waals surface area (Å²) in [5.41, 5.74) is 0.430. The van der Waals surface area contributed by atoms with Gasteiger partial charge in [0.05, 0.1) is 12.1 Å². The predicted octanol–water partition coefficient (Wildman–Crippen LogP) is 2.31. The molecule has 0 bridgehead atoms. The molecule has 2 atom stereocenters. The Hall–Kier alpha value is -1.63. The first kappa shape index (κ1) is 21.4. The third-order valence-corrected chi connectivity index (χ3v) is 3.49. The highest BCUT2D eigenvalue weighted by Gasteiger charge is 2.26. The van der Waals surface area contributed by atoms with E-state index in [1.165, 1.54) is 0 Å². The van der Waals surface area contributed by atoms with Crippen molar-refractivity contribution in [2.75, 3.05) is 13.1 Å². The summed E-state index contributed by atoms with van der Waals surface area (Å²) in [7, 11) is 0. The molecule has 1 amide bonds. The van der Waals surface area contributed by atoms with Crippen LogP contribution >= 0.6 is 0 Å². The van der Waals surface area contributed by atoms with Crippen LogP contribution in [0.15, 0.2) is 30.3 Å². The van der Waals surface area contributed by atoms with Crippen molar-refractivity contribution in [3.05, 3.63) is 35.9 Å². The molecule has 6 nitrogen and oxygen atoms in total. The SMILES string of the molecule is CC(C)CN(N)C[C@H](O)[C@H](Cc1ccccc1)NC(=O)OC(C)(C)C. The van der Waals surface area contributed by atoms with Crippen LogP contribution in [0.25, 0.3) is 0 Å². The van der Waals surface area contributed by atoms with Gasteiger partial charge in [-0.05, 0) is 38.7 Å². The number of nitrogens with one attached hydrogen (secondary N) is 1. The number of aliphatic hydroxyl groups excluding tert-OH is 1. The van der Waals surface area contributed by atoms with Crippen molar-refractivity contribution in [2.24, 2.45) is 11.8 Å². The van der Waals surface area contributed by atoms with Gasteiger partial charge < -0.3 is 15.2 Å². The minimum absolute atomic E-state index is 0.269. The first-order chi connectivity index (χ1) is 11.6. The summed E-state index contributed by atoms with van der Waals surface area (Å²) in [5, 5.41) is 15.0. The van der Waals surface area contributed by atoms with Crippen molar-refractivity contribution >= 4 is 6.09 Å². The number of ether oxygens (including phenoxy) is 1.